The third-order valence-corrected chi connectivity index (χ3v) is 5.34. The van der Waals surface area contributed by atoms with Crippen molar-refractivity contribution in [3.05, 3.63) is 0 Å². The first kappa shape index (κ1) is 21.1. The molecule has 140 valence electrons. The van der Waals surface area contributed by atoms with Crippen molar-refractivity contribution < 1.29 is 14.8 Å². The Bertz CT molecular complexity index is 448. The van der Waals surface area contributed by atoms with Gasteiger partial charge in [-0.2, -0.15) is 5.06 Å². The summed E-state index contributed by atoms with van der Waals surface area (Å²) in [7, 11) is 0. The fourth-order valence-electron chi connectivity index (χ4n) is 4.43. The summed E-state index contributed by atoms with van der Waals surface area (Å²) >= 11 is 0. The summed E-state index contributed by atoms with van der Waals surface area (Å²) in [6, 6.07) is 0. The Kier molecular flexibility index (Phi) is 6.26. The monoisotopic (exact) mass is 340 g/mol. The Labute approximate surface area is 147 Å². The third-order valence-electron chi connectivity index (χ3n) is 5.34. The topological polar surface area (TPSA) is 60.9 Å². The van der Waals surface area contributed by atoms with Crippen LogP contribution in [0.3, 0.4) is 0 Å². The molecule has 0 spiro atoms. The lowest BCUT2D eigenvalue weighted by Gasteiger charge is -2.52. The van der Waals surface area contributed by atoms with Crippen molar-refractivity contribution in [2.75, 3.05) is 6.54 Å². The van der Waals surface area contributed by atoms with Crippen LogP contribution in [0.1, 0.15) is 74.7 Å². The molecule has 5 nitrogen and oxygen atoms in total. The van der Waals surface area contributed by atoms with Crippen LogP contribution in [0, 0.1) is 17.3 Å². The van der Waals surface area contributed by atoms with Crippen molar-refractivity contribution in [3.8, 4) is 0 Å². The first-order valence-corrected chi connectivity index (χ1v) is 9.01. The van der Waals surface area contributed by atoms with E-state index in [2.05, 4.69) is 0 Å². The van der Waals surface area contributed by atoms with Crippen LogP contribution in [0.5, 0.6) is 0 Å². The quantitative estimate of drug-likeness (QED) is 0.775. The van der Waals surface area contributed by atoms with Crippen LogP contribution in [-0.4, -0.2) is 45.1 Å². The molecule has 1 aliphatic heterocycles. The second-order valence-corrected chi connectivity index (χ2v) is 9.63. The molecule has 0 aromatic rings. The summed E-state index contributed by atoms with van der Waals surface area (Å²) in [4.78, 5) is 25.8. The van der Waals surface area contributed by atoms with E-state index in [1.165, 1.54) is 9.96 Å². The lowest BCUT2D eigenvalue weighted by Crippen LogP contribution is -2.60. The van der Waals surface area contributed by atoms with E-state index in [4.69, 9.17) is 0 Å². The van der Waals surface area contributed by atoms with Gasteiger partial charge in [0.15, 0.2) is 0 Å². The molecule has 1 atom stereocenters. The first-order chi connectivity index (χ1) is 10.8. The Hall–Kier alpha value is -0.940. The number of amides is 2. The Morgan fingerprint density at radius 1 is 1.25 bits per heavy atom. The van der Waals surface area contributed by atoms with Crippen LogP contribution in [0.4, 0.5) is 0 Å². The van der Waals surface area contributed by atoms with Crippen molar-refractivity contribution in [2.24, 2.45) is 17.3 Å². The van der Waals surface area contributed by atoms with Gasteiger partial charge in [-0.3, -0.25) is 14.5 Å². The highest BCUT2D eigenvalue weighted by Crippen LogP contribution is 2.40. The van der Waals surface area contributed by atoms with Gasteiger partial charge in [0.1, 0.15) is 0 Å². The maximum atomic E-state index is 12.8. The summed E-state index contributed by atoms with van der Waals surface area (Å²) in [5.41, 5.74) is -0.920. The molecule has 1 saturated heterocycles. The molecule has 2 amide bonds. The first-order valence-electron chi connectivity index (χ1n) is 9.01. The van der Waals surface area contributed by atoms with E-state index in [0.717, 1.165) is 19.3 Å². The fourth-order valence-corrected chi connectivity index (χ4v) is 4.43. The van der Waals surface area contributed by atoms with Crippen molar-refractivity contribution in [1.29, 1.82) is 0 Å². The molecule has 1 fully saturated rings. The lowest BCUT2D eigenvalue weighted by atomic mass is 9.74. The number of piperidine rings is 1. The SMILES string of the molecule is CCC(C(=O)N(C=O)CC1CC(C)(C)N(O)C(C)(C)C1)C(C)(C)C. The van der Waals surface area contributed by atoms with Crippen LogP contribution in [0.15, 0.2) is 0 Å². The number of nitrogens with zero attached hydrogens (tertiary/aromatic N) is 2. The molecular weight excluding hydrogens is 304 g/mol. The number of carbonyl (C=O) groups is 2. The molecule has 5 heteroatoms. The van der Waals surface area contributed by atoms with E-state index in [-0.39, 0.29) is 34.2 Å². The lowest BCUT2D eigenvalue weighted by molar-refractivity contribution is -0.251. The van der Waals surface area contributed by atoms with E-state index >= 15 is 0 Å². The van der Waals surface area contributed by atoms with E-state index in [0.29, 0.717) is 13.0 Å². The summed E-state index contributed by atoms with van der Waals surface area (Å²) in [6.45, 7) is 16.5. The highest BCUT2D eigenvalue weighted by Gasteiger charge is 2.46. The zero-order chi connectivity index (χ0) is 18.9. The van der Waals surface area contributed by atoms with Gasteiger partial charge in [-0.25, -0.2) is 0 Å². The van der Waals surface area contributed by atoms with E-state index in [1.54, 1.807) is 0 Å². The van der Waals surface area contributed by atoms with Crippen molar-refractivity contribution >= 4 is 12.3 Å². The van der Waals surface area contributed by atoms with Gasteiger partial charge in [-0.15, -0.1) is 0 Å². The molecule has 0 aromatic carbocycles. The van der Waals surface area contributed by atoms with Crippen LogP contribution >= 0.6 is 0 Å². The highest BCUT2D eigenvalue weighted by atomic mass is 16.5. The number of hydrogen-bond donors (Lipinski definition) is 1. The molecule has 24 heavy (non-hydrogen) atoms. The Morgan fingerprint density at radius 3 is 2.04 bits per heavy atom. The molecule has 1 unspecified atom stereocenters. The van der Waals surface area contributed by atoms with Gasteiger partial charge in [-0.05, 0) is 58.3 Å². The normalized spacial score (nSPS) is 22.9. The summed E-state index contributed by atoms with van der Waals surface area (Å²) in [5.74, 6) is -0.0614. The molecule has 1 aliphatic rings. The molecule has 1 N–H and O–H groups in total. The maximum absolute atomic E-state index is 12.8. The summed E-state index contributed by atoms with van der Waals surface area (Å²) in [5, 5.41) is 11.8. The molecule has 0 aromatic heterocycles. The predicted molar refractivity (Wildman–Crippen MR) is 95.5 cm³/mol. The van der Waals surface area contributed by atoms with Crippen molar-refractivity contribution in [1.82, 2.24) is 9.96 Å². The van der Waals surface area contributed by atoms with Gasteiger partial charge < -0.3 is 5.21 Å². The zero-order valence-electron chi connectivity index (χ0n) is 16.7. The van der Waals surface area contributed by atoms with Crippen molar-refractivity contribution in [3.63, 3.8) is 0 Å². The molecule has 0 radical (unpaired) electrons. The molecule has 1 rings (SSSR count). The van der Waals surface area contributed by atoms with Gasteiger partial charge in [0.2, 0.25) is 12.3 Å². The Balaban J connectivity index is 2.93. The van der Waals surface area contributed by atoms with Crippen LogP contribution in [0.25, 0.3) is 0 Å². The second kappa shape index (κ2) is 7.12. The van der Waals surface area contributed by atoms with Crippen LogP contribution in [0.2, 0.25) is 0 Å². The number of imide groups is 1. The highest BCUT2D eigenvalue weighted by molar-refractivity contribution is 5.88. The zero-order valence-corrected chi connectivity index (χ0v) is 16.7. The number of carbonyl (C=O) groups excluding carboxylic acids is 2. The largest absolute Gasteiger partial charge is 0.313 e. The average molecular weight is 341 g/mol. The molecule has 0 saturated carbocycles. The molecule has 1 heterocycles. The number of hydroxylamine groups is 2. The molecular formula is C19H36N2O3. The summed E-state index contributed by atoms with van der Waals surface area (Å²) < 4.78 is 0. The third kappa shape index (κ3) is 4.57. The van der Waals surface area contributed by atoms with E-state index in [9.17, 15) is 14.8 Å². The predicted octanol–water partition coefficient (Wildman–Crippen LogP) is 3.70. The number of rotatable bonds is 5. The minimum atomic E-state index is -0.377. The van der Waals surface area contributed by atoms with Gasteiger partial charge in [0.05, 0.1) is 0 Å². The van der Waals surface area contributed by atoms with Gasteiger partial charge in [-0.1, -0.05) is 27.7 Å². The maximum Gasteiger partial charge on any atom is 0.232 e. The Morgan fingerprint density at radius 2 is 1.71 bits per heavy atom. The molecule has 0 aliphatic carbocycles. The van der Waals surface area contributed by atoms with Gasteiger partial charge in [0, 0.05) is 23.5 Å². The van der Waals surface area contributed by atoms with Crippen molar-refractivity contribution in [2.45, 2.75) is 85.7 Å². The van der Waals surface area contributed by atoms with E-state index in [1.807, 2.05) is 55.4 Å². The minimum absolute atomic E-state index is 0.0814. The average Bonchev–Trinajstić information content (AvgIpc) is 2.40. The van der Waals surface area contributed by atoms with Crippen LogP contribution in [-0.2, 0) is 9.59 Å². The second-order valence-electron chi connectivity index (χ2n) is 9.63. The van der Waals surface area contributed by atoms with E-state index < -0.39 is 0 Å². The van der Waals surface area contributed by atoms with Gasteiger partial charge >= 0.3 is 0 Å². The van der Waals surface area contributed by atoms with Gasteiger partial charge in [0.25, 0.3) is 0 Å². The minimum Gasteiger partial charge on any atom is -0.313 e. The number of hydrogen-bond acceptors (Lipinski definition) is 4. The summed E-state index contributed by atoms with van der Waals surface area (Å²) in [6.07, 6.45) is 2.90. The smallest absolute Gasteiger partial charge is 0.232 e. The van der Waals surface area contributed by atoms with Crippen LogP contribution < -0.4 is 0 Å². The molecule has 0 bridgehead atoms. The fraction of sp³-hybridized carbons (Fsp3) is 0.895. The standard InChI is InChI=1S/C19H36N2O3/c1-9-15(17(2,3)4)16(23)20(13-22)12-14-10-18(5,6)21(24)19(7,8)11-14/h13-15,24H,9-12H2,1-8H3.